The lowest BCUT2D eigenvalue weighted by atomic mass is 10.3. The molecule has 0 aromatic carbocycles. The molecule has 1 aromatic heterocycles. The maximum Gasteiger partial charge on any atom is 0.252 e. The van der Waals surface area contributed by atoms with Crippen molar-refractivity contribution in [3.63, 3.8) is 0 Å². The molecular formula is C11H20N2O2S2. The van der Waals surface area contributed by atoms with Crippen molar-refractivity contribution in [1.82, 2.24) is 9.62 Å². The lowest BCUT2D eigenvalue weighted by Crippen LogP contribution is -2.26. The van der Waals surface area contributed by atoms with Gasteiger partial charge in [0, 0.05) is 20.1 Å². The van der Waals surface area contributed by atoms with E-state index < -0.39 is 10.0 Å². The van der Waals surface area contributed by atoms with E-state index in [1.54, 1.807) is 13.1 Å². The van der Waals surface area contributed by atoms with Gasteiger partial charge >= 0.3 is 0 Å². The van der Waals surface area contributed by atoms with E-state index in [1.165, 1.54) is 15.6 Å². The van der Waals surface area contributed by atoms with Crippen LogP contribution in [0.1, 0.15) is 25.8 Å². The average molecular weight is 276 g/mol. The van der Waals surface area contributed by atoms with Gasteiger partial charge < -0.3 is 5.32 Å². The van der Waals surface area contributed by atoms with Crippen molar-refractivity contribution in [3.8, 4) is 0 Å². The van der Waals surface area contributed by atoms with Crippen LogP contribution in [0.3, 0.4) is 0 Å². The molecule has 0 spiro atoms. The van der Waals surface area contributed by atoms with Gasteiger partial charge in [0.25, 0.3) is 10.0 Å². The molecule has 1 N–H and O–H groups in total. The van der Waals surface area contributed by atoms with Crippen LogP contribution in [-0.4, -0.2) is 32.9 Å². The molecule has 0 aliphatic rings. The first-order valence-corrected chi connectivity index (χ1v) is 8.08. The normalized spacial score (nSPS) is 12.2. The zero-order valence-corrected chi connectivity index (χ0v) is 12.2. The topological polar surface area (TPSA) is 49.4 Å². The van der Waals surface area contributed by atoms with Gasteiger partial charge in [-0.3, -0.25) is 0 Å². The molecule has 0 amide bonds. The lowest BCUT2D eigenvalue weighted by molar-refractivity contribution is 0.470. The van der Waals surface area contributed by atoms with Gasteiger partial charge in [-0.05, 0) is 30.0 Å². The van der Waals surface area contributed by atoms with Crippen LogP contribution in [0.5, 0.6) is 0 Å². The molecular weight excluding hydrogens is 256 g/mol. The van der Waals surface area contributed by atoms with Crippen molar-refractivity contribution >= 4 is 21.4 Å². The minimum absolute atomic E-state index is 0.432. The molecule has 0 atom stereocenters. The Balaban J connectivity index is 2.81. The SMILES string of the molecule is CCCN(C)S(=O)(=O)c1cc(CNCC)cs1. The third kappa shape index (κ3) is 3.77. The molecule has 0 radical (unpaired) electrons. The van der Waals surface area contributed by atoms with Gasteiger partial charge in [0.2, 0.25) is 0 Å². The largest absolute Gasteiger partial charge is 0.313 e. The number of rotatable bonds is 7. The number of nitrogens with one attached hydrogen (secondary N) is 1. The van der Waals surface area contributed by atoms with Gasteiger partial charge in [-0.15, -0.1) is 11.3 Å². The molecule has 0 bridgehead atoms. The van der Waals surface area contributed by atoms with Crippen molar-refractivity contribution in [1.29, 1.82) is 0 Å². The zero-order chi connectivity index (χ0) is 12.9. The predicted octanol–water partition coefficient (Wildman–Crippen LogP) is 1.89. The Hall–Kier alpha value is -0.430. The summed E-state index contributed by atoms with van der Waals surface area (Å²) in [6.07, 6.45) is 0.825. The van der Waals surface area contributed by atoms with Crippen LogP contribution >= 0.6 is 11.3 Å². The summed E-state index contributed by atoms with van der Waals surface area (Å²) < 4.78 is 26.1. The molecule has 1 rings (SSSR count). The third-order valence-electron chi connectivity index (χ3n) is 2.41. The summed E-state index contributed by atoms with van der Waals surface area (Å²) in [4.78, 5) is 0. The second kappa shape index (κ2) is 6.49. The van der Waals surface area contributed by atoms with E-state index >= 15 is 0 Å². The minimum atomic E-state index is -3.28. The van der Waals surface area contributed by atoms with Crippen molar-refractivity contribution in [3.05, 3.63) is 17.0 Å². The molecule has 0 aliphatic heterocycles. The number of nitrogens with zero attached hydrogens (tertiary/aromatic N) is 1. The van der Waals surface area contributed by atoms with E-state index in [-0.39, 0.29) is 0 Å². The summed E-state index contributed by atoms with van der Waals surface area (Å²) in [5, 5.41) is 5.08. The van der Waals surface area contributed by atoms with Gasteiger partial charge in [0.1, 0.15) is 4.21 Å². The summed E-state index contributed by atoms with van der Waals surface area (Å²) in [7, 11) is -1.65. The Morgan fingerprint density at radius 1 is 1.41 bits per heavy atom. The van der Waals surface area contributed by atoms with Gasteiger partial charge in [0.15, 0.2) is 0 Å². The fourth-order valence-corrected chi connectivity index (χ4v) is 4.12. The number of hydrogen-bond acceptors (Lipinski definition) is 4. The molecule has 0 saturated carbocycles. The maximum atomic E-state index is 12.1. The third-order valence-corrected chi connectivity index (χ3v) is 5.73. The highest BCUT2D eigenvalue weighted by molar-refractivity contribution is 7.91. The highest BCUT2D eigenvalue weighted by Crippen LogP contribution is 2.23. The van der Waals surface area contributed by atoms with E-state index in [9.17, 15) is 8.42 Å². The summed E-state index contributed by atoms with van der Waals surface area (Å²) in [6, 6.07) is 1.76. The van der Waals surface area contributed by atoms with Crippen LogP contribution < -0.4 is 5.32 Å². The fraction of sp³-hybridized carbons (Fsp3) is 0.636. The van der Waals surface area contributed by atoms with E-state index in [4.69, 9.17) is 0 Å². The second-order valence-electron chi connectivity index (χ2n) is 3.88. The molecule has 0 aliphatic carbocycles. The average Bonchev–Trinajstić information content (AvgIpc) is 2.75. The Labute approximate surface area is 108 Å². The number of hydrogen-bond donors (Lipinski definition) is 1. The quantitative estimate of drug-likeness (QED) is 0.827. The molecule has 0 unspecified atom stereocenters. The first kappa shape index (κ1) is 14.6. The molecule has 98 valence electrons. The first-order chi connectivity index (χ1) is 8.02. The van der Waals surface area contributed by atoms with Gasteiger partial charge in [-0.2, -0.15) is 0 Å². The summed E-state index contributed by atoms with van der Waals surface area (Å²) >= 11 is 1.29. The Kier molecular flexibility index (Phi) is 5.58. The molecule has 4 nitrogen and oxygen atoms in total. The molecule has 17 heavy (non-hydrogen) atoms. The molecule has 0 fully saturated rings. The van der Waals surface area contributed by atoms with Crippen LogP contribution in [0, 0.1) is 0 Å². The van der Waals surface area contributed by atoms with Crippen molar-refractivity contribution in [2.75, 3.05) is 20.1 Å². The molecule has 1 heterocycles. The van der Waals surface area contributed by atoms with E-state index in [0.29, 0.717) is 10.8 Å². The zero-order valence-electron chi connectivity index (χ0n) is 10.6. The van der Waals surface area contributed by atoms with Gasteiger partial charge in [-0.1, -0.05) is 13.8 Å². The van der Waals surface area contributed by atoms with Crippen molar-refractivity contribution in [2.45, 2.75) is 31.0 Å². The second-order valence-corrected chi connectivity index (χ2v) is 7.06. The predicted molar refractivity (Wildman–Crippen MR) is 71.8 cm³/mol. The fourth-order valence-electron chi connectivity index (χ4n) is 1.44. The van der Waals surface area contributed by atoms with Crippen LogP contribution in [0.25, 0.3) is 0 Å². The maximum absolute atomic E-state index is 12.1. The van der Waals surface area contributed by atoms with Crippen LogP contribution in [0.15, 0.2) is 15.7 Å². The van der Waals surface area contributed by atoms with Gasteiger partial charge in [-0.25, -0.2) is 12.7 Å². The Morgan fingerprint density at radius 2 is 2.12 bits per heavy atom. The number of sulfonamides is 1. The summed E-state index contributed by atoms with van der Waals surface area (Å²) in [6.45, 7) is 6.16. The molecule has 0 saturated heterocycles. The minimum Gasteiger partial charge on any atom is -0.313 e. The molecule has 6 heteroatoms. The number of thiophene rings is 1. The first-order valence-electron chi connectivity index (χ1n) is 5.76. The van der Waals surface area contributed by atoms with E-state index in [1.807, 2.05) is 19.2 Å². The monoisotopic (exact) mass is 276 g/mol. The highest BCUT2D eigenvalue weighted by Gasteiger charge is 2.21. The van der Waals surface area contributed by atoms with Crippen molar-refractivity contribution < 1.29 is 8.42 Å². The van der Waals surface area contributed by atoms with Gasteiger partial charge in [0.05, 0.1) is 0 Å². The summed E-state index contributed by atoms with van der Waals surface area (Å²) in [5.41, 5.74) is 1.03. The van der Waals surface area contributed by atoms with Crippen molar-refractivity contribution in [2.24, 2.45) is 0 Å². The van der Waals surface area contributed by atoms with E-state index in [0.717, 1.165) is 25.1 Å². The summed E-state index contributed by atoms with van der Waals surface area (Å²) in [5.74, 6) is 0. The lowest BCUT2D eigenvalue weighted by Gasteiger charge is -2.14. The van der Waals surface area contributed by atoms with E-state index in [2.05, 4.69) is 5.32 Å². The Morgan fingerprint density at radius 3 is 2.71 bits per heavy atom. The molecule has 1 aromatic rings. The standard InChI is InChI=1S/C11H20N2O2S2/c1-4-6-13(3)17(14,15)11-7-10(9-16-11)8-12-5-2/h7,9,12H,4-6,8H2,1-3H3. The van der Waals surface area contributed by atoms with Crippen LogP contribution in [-0.2, 0) is 16.6 Å². The Bertz CT molecular complexity index is 440. The van der Waals surface area contributed by atoms with Crippen LogP contribution in [0.4, 0.5) is 0 Å². The highest BCUT2D eigenvalue weighted by atomic mass is 32.2. The van der Waals surface area contributed by atoms with Crippen LogP contribution in [0.2, 0.25) is 0 Å². The smallest absolute Gasteiger partial charge is 0.252 e.